The number of aromatic amines is 1. The molecule has 0 aliphatic rings. The molecule has 0 saturated carbocycles. The first kappa shape index (κ1) is 32.8. The number of benzene rings is 1. The van der Waals surface area contributed by atoms with Crippen LogP contribution in [0.4, 0.5) is 0 Å². The summed E-state index contributed by atoms with van der Waals surface area (Å²) in [5.74, 6) is -2.92. The van der Waals surface area contributed by atoms with Gasteiger partial charge in [-0.1, -0.05) is 58.7 Å². The van der Waals surface area contributed by atoms with Gasteiger partial charge in [-0.15, -0.1) is 0 Å². The Balaban J connectivity index is 2.16. The Kier molecular flexibility index (Phi) is 13.1. The number of aromatic nitrogens is 1. The van der Waals surface area contributed by atoms with Crippen molar-refractivity contribution in [1.29, 1.82) is 0 Å². The molecule has 5 atom stereocenters. The van der Waals surface area contributed by atoms with E-state index in [0.717, 1.165) is 22.9 Å². The molecule has 0 aliphatic carbocycles. The lowest BCUT2D eigenvalue weighted by Crippen LogP contribution is -2.59. The summed E-state index contributed by atoms with van der Waals surface area (Å²) in [5, 5.41) is 18.9. The Labute approximate surface area is 236 Å². The van der Waals surface area contributed by atoms with E-state index >= 15 is 0 Å². The van der Waals surface area contributed by atoms with Crippen molar-refractivity contribution in [2.24, 2.45) is 23.3 Å². The van der Waals surface area contributed by atoms with Gasteiger partial charge in [0.2, 0.25) is 17.7 Å². The topological polar surface area (TPSA) is 192 Å². The molecule has 40 heavy (non-hydrogen) atoms. The third kappa shape index (κ3) is 9.63. The molecule has 3 amide bonds. The number of hydrogen-bond donors (Lipinski definition) is 7. The molecular weight excluding hydrogens is 512 g/mol. The zero-order valence-electron chi connectivity index (χ0n) is 24.0. The molecule has 0 spiro atoms. The van der Waals surface area contributed by atoms with Crippen LogP contribution in [0.1, 0.15) is 65.4 Å². The average molecular weight is 559 g/mol. The van der Waals surface area contributed by atoms with Crippen molar-refractivity contribution in [1.82, 2.24) is 20.9 Å². The second-order valence-corrected chi connectivity index (χ2v) is 10.9. The van der Waals surface area contributed by atoms with Crippen molar-refractivity contribution in [2.45, 2.75) is 90.4 Å². The molecular formula is C29H46N6O5. The average Bonchev–Trinajstić information content (AvgIpc) is 3.32. The second-order valence-electron chi connectivity index (χ2n) is 10.9. The summed E-state index contributed by atoms with van der Waals surface area (Å²) < 4.78 is 0. The molecule has 11 nitrogen and oxygen atoms in total. The summed E-state index contributed by atoms with van der Waals surface area (Å²) in [7, 11) is 0. The first-order chi connectivity index (χ1) is 19.0. The van der Waals surface area contributed by atoms with Crippen molar-refractivity contribution in [3.8, 4) is 0 Å². The van der Waals surface area contributed by atoms with Crippen molar-refractivity contribution >= 4 is 34.6 Å². The highest BCUT2D eigenvalue weighted by molar-refractivity contribution is 5.94. The molecule has 9 N–H and O–H groups in total. The molecule has 222 valence electrons. The lowest BCUT2D eigenvalue weighted by Gasteiger charge is -2.28. The Morgan fingerprint density at radius 2 is 1.62 bits per heavy atom. The number of nitrogens with one attached hydrogen (secondary N) is 4. The van der Waals surface area contributed by atoms with Crippen LogP contribution in [-0.2, 0) is 25.6 Å². The lowest BCUT2D eigenvalue weighted by atomic mass is 9.96. The van der Waals surface area contributed by atoms with Crippen LogP contribution >= 0.6 is 0 Å². The van der Waals surface area contributed by atoms with E-state index in [1.165, 1.54) is 0 Å². The fraction of sp³-hybridized carbons (Fsp3) is 0.586. The fourth-order valence-electron chi connectivity index (χ4n) is 4.56. The number of rotatable bonds is 17. The number of carboxylic acids is 1. The van der Waals surface area contributed by atoms with Gasteiger partial charge in [0.1, 0.15) is 18.1 Å². The maximum Gasteiger partial charge on any atom is 0.326 e. The maximum atomic E-state index is 13.4. The Morgan fingerprint density at radius 3 is 2.25 bits per heavy atom. The van der Waals surface area contributed by atoms with Gasteiger partial charge in [0.15, 0.2) is 0 Å². The predicted octanol–water partition coefficient (Wildman–Crippen LogP) is 1.80. The number of carbonyl (C=O) groups is 4. The van der Waals surface area contributed by atoms with Crippen LogP contribution in [0.5, 0.6) is 0 Å². The zero-order valence-corrected chi connectivity index (χ0v) is 24.0. The van der Waals surface area contributed by atoms with Gasteiger partial charge in [0, 0.05) is 23.5 Å². The monoisotopic (exact) mass is 558 g/mol. The largest absolute Gasteiger partial charge is 0.480 e. The molecule has 0 bridgehead atoms. The summed E-state index contributed by atoms with van der Waals surface area (Å²) in [4.78, 5) is 54.7. The molecule has 1 heterocycles. The smallest absolute Gasteiger partial charge is 0.326 e. The molecule has 2 aromatic rings. The van der Waals surface area contributed by atoms with E-state index in [4.69, 9.17) is 11.5 Å². The third-order valence-electron chi connectivity index (χ3n) is 7.15. The highest BCUT2D eigenvalue weighted by Crippen LogP contribution is 2.19. The number of unbranched alkanes of at least 4 members (excludes halogenated alkanes) is 1. The van der Waals surface area contributed by atoms with Gasteiger partial charge >= 0.3 is 5.97 Å². The standard InChI is InChI=1S/C29H46N6O5/c1-5-18(4)25(35-26(36)21(31)11-8-9-13-30)28(38)33-23(14-17(2)3)27(37)34-24(29(39)40)15-19-16-32-22-12-7-6-10-20(19)22/h6-7,10,12,16-18,21,23-25,32H,5,8-9,11,13-15,30-31H2,1-4H3,(H,33,38)(H,34,37)(H,35,36)(H,39,40). The van der Waals surface area contributed by atoms with Gasteiger partial charge < -0.3 is 37.5 Å². The van der Waals surface area contributed by atoms with E-state index in [-0.39, 0.29) is 24.7 Å². The quantitative estimate of drug-likeness (QED) is 0.144. The van der Waals surface area contributed by atoms with Crippen LogP contribution < -0.4 is 27.4 Å². The van der Waals surface area contributed by atoms with Gasteiger partial charge in [-0.2, -0.15) is 0 Å². The number of carbonyl (C=O) groups excluding carboxylic acids is 3. The molecule has 1 aromatic heterocycles. The van der Waals surface area contributed by atoms with Crippen molar-refractivity contribution in [2.75, 3.05) is 6.54 Å². The Hall–Kier alpha value is -3.44. The van der Waals surface area contributed by atoms with Crippen LogP contribution in [0.3, 0.4) is 0 Å². The van der Waals surface area contributed by atoms with E-state index in [0.29, 0.717) is 25.8 Å². The summed E-state index contributed by atoms with van der Waals surface area (Å²) >= 11 is 0. The van der Waals surface area contributed by atoms with E-state index in [1.807, 2.05) is 52.0 Å². The summed E-state index contributed by atoms with van der Waals surface area (Å²) in [6, 6.07) is 3.65. The minimum atomic E-state index is -1.20. The van der Waals surface area contributed by atoms with Crippen LogP contribution in [0.15, 0.2) is 30.5 Å². The number of amides is 3. The highest BCUT2D eigenvalue weighted by atomic mass is 16.4. The Bertz CT molecular complexity index is 1130. The third-order valence-corrected chi connectivity index (χ3v) is 7.15. The van der Waals surface area contributed by atoms with E-state index < -0.39 is 47.9 Å². The van der Waals surface area contributed by atoms with Gasteiger partial charge in [-0.3, -0.25) is 14.4 Å². The molecule has 0 aliphatic heterocycles. The van der Waals surface area contributed by atoms with Gasteiger partial charge in [-0.05, 0) is 49.3 Å². The minimum absolute atomic E-state index is 0.0283. The summed E-state index contributed by atoms with van der Waals surface area (Å²) in [6.07, 6.45) is 4.60. The number of para-hydroxylation sites is 1. The molecule has 5 unspecified atom stereocenters. The van der Waals surface area contributed by atoms with E-state index in [2.05, 4.69) is 20.9 Å². The van der Waals surface area contributed by atoms with Crippen molar-refractivity contribution in [3.05, 3.63) is 36.0 Å². The number of carboxylic acid groups (broad SMARTS) is 1. The second kappa shape index (κ2) is 16.0. The predicted molar refractivity (Wildman–Crippen MR) is 155 cm³/mol. The highest BCUT2D eigenvalue weighted by Gasteiger charge is 2.33. The SMILES string of the molecule is CCC(C)C(NC(=O)C(N)CCCCN)C(=O)NC(CC(C)C)C(=O)NC(Cc1c[nH]c2ccccc12)C(=O)O. The normalized spacial score (nSPS) is 15.2. The summed E-state index contributed by atoms with van der Waals surface area (Å²) in [6.45, 7) is 8.06. The number of aliphatic carboxylic acids is 1. The number of H-pyrrole nitrogens is 1. The first-order valence-corrected chi connectivity index (χ1v) is 14.1. The maximum absolute atomic E-state index is 13.4. The lowest BCUT2D eigenvalue weighted by molar-refractivity contribution is -0.142. The molecule has 0 fully saturated rings. The van der Waals surface area contributed by atoms with Crippen LogP contribution in [-0.4, -0.2) is 64.5 Å². The van der Waals surface area contributed by atoms with Crippen LogP contribution in [0, 0.1) is 11.8 Å². The van der Waals surface area contributed by atoms with E-state index in [1.54, 1.807) is 6.20 Å². The van der Waals surface area contributed by atoms with Crippen LogP contribution in [0.2, 0.25) is 0 Å². The first-order valence-electron chi connectivity index (χ1n) is 14.1. The fourth-order valence-corrected chi connectivity index (χ4v) is 4.56. The van der Waals surface area contributed by atoms with Crippen molar-refractivity contribution in [3.63, 3.8) is 0 Å². The van der Waals surface area contributed by atoms with Gasteiger partial charge in [0.05, 0.1) is 6.04 Å². The number of hydrogen-bond acceptors (Lipinski definition) is 6. The number of fused-ring (bicyclic) bond motifs is 1. The zero-order chi connectivity index (χ0) is 29.8. The molecule has 0 saturated heterocycles. The van der Waals surface area contributed by atoms with Gasteiger partial charge in [0.25, 0.3) is 0 Å². The van der Waals surface area contributed by atoms with Gasteiger partial charge in [-0.25, -0.2) is 4.79 Å². The van der Waals surface area contributed by atoms with Crippen LogP contribution in [0.25, 0.3) is 10.9 Å². The van der Waals surface area contributed by atoms with Crippen molar-refractivity contribution < 1.29 is 24.3 Å². The summed E-state index contributed by atoms with van der Waals surface area (Å²) in [5.41, 5.74) is 13.2. The number of nitrogens with two attached hydrogens (primary N) is 2. The molecule has 2 rings (SSSR count). The molecule has 0 radical (unpaired) electrons. The minimum Gasteiger partial charge on any atom is -0.480 e. The van der Waals surface area contributed by atoms with E-state index in [9.17, 15) is 24.3 Å². The Morgan fingerprint density at radius 1 is 0.950 bits per heavy atom. The molecule has 11 heteroatoms. The molecule has 1 aromatic carbocycles.